The molecule has 100 valence electrons. The van der Waals surface area contributed by atoms with Crippen LogP contribution in [0.15, 0.2) is 42.5 Å². The van der Waals surface area contributed by atoms with E-state index in [-0.39, 0.29) is 11.9 Å². The van der Waals surface area contributed by atoms with E-state index in [4.69, 9.17) is 4.74 Å². The minimum Gasteiger partial charge on any atom is -0.496 e. The predicted octanol–water partition coefficient (Wildman–Crippen LogP) is 3.45. The van der Waals surface area contributed by atoms with Crippen molar-refractivity contribution in [1.82, 2.24) is 5.32 Å². The van der Waals surface area contributed by atoms with Crippen molar-refractivity contribution in [1.29, 1.82) is 0 Å². The summed E-state index contributed by atoms with van der Waals surface area (Å²) in [6.07, 6.45) is 0. The lowest BCUT2D eigenvalue weighted by molar-refractivity contribution is 0.404. The molecule has 0 saturated heterocycles. The van der Waals surface area contributed by atoms with E-state index in [1.807, 2.05) is 37.4 Å². The zero-order chi connectivity index (χ0) is 13.8. The van der Waals surface area contributed by atoms with Gasteiger partial charge in [-0.1, -0.05) is 36.4 Å². The lowest BCUT2D eigenvalue weighted by Gasteiger charge is -2.21. The summed E-state index contributed by atoms with van der Waals surface area (Å²) < 4.78 is 19.6. The van der Waals surface area contributed by atoms with Gasteiger partial charge in [0.15, 0.2) is 0 Å². The highest BCUT2D eigenvalue weighted by atomic mass is 19.1. The Morgan fingerprint density at radius 3 is 2.42 bits per heavy atom. The molecule has 1 unspecified atom stereocenters. The summed E-state index contributed by atoms with van der Waals surface area (Å²) in [6, 6.07) is 12.9. The van der Waals surface area contributed by atoms with Gasteiger partial charge >= 0.3 is 0 Å². The molecule has 0 saturated carbocycles. The number of aryl methyl sites for hydroxylation is 1. The second-order valence-electron chi connectivity index (χ2n) is 4.44. The Bertz CT molecular complexity index is 568. The first-order chi connectivity index (χ1) is 9.19. The number of para-hydroxylation sites is 1. The van der Waals surface area contributed by atoms with Gasteiger partial charge in [-0.3, -0.25) is 0 Å². The molecule has 2 aromatic rings. The van der Waals surface area contributed by atoms with Crippen molar-refractivity contribution < 1.29 is 9.13 Å². The quantitative estimate of drug-likeness (QED) is 0.908. The highest BCUT2D eigenvalue weighted by Crippen LogP contribution is 2.31. The molecule has 1 atom stereocenters. The van der Waals surface area contributed by atoms with Crippen molar-refractivity contribution in [2.45, 2.75) is 13.0 Å². The molecule has 0 bridgehead atoms. The van der Waals surface area contributed by atoms with Gasteiger partial charge < -0.3 is 10.1 Å². The molecule has 0 aliphatic rings. The van der Waals surface area contributed by atoms with Crippen LogP contribution in [0.4, 0.5) is 4.39 Å². The van der Waals surface area contributed by atoms with Gasteiger partial charge in [-0.15, -0.1) is 0 Å². The molecule has 19 heavy (non-hydrogen) atoms. The van der Waals surface area contributed by atoms with Crippen LogP contribution < -0.4 is 10.1 Å². The van der Waals surface area contributed by atoms with E-state index in [1.165, 1.54) is 0 Å². The summed E-state index contributed by atoms with van der Waals surface area (Å²) in [6.45, 7) is 1.77. The number of benzene rings is 2. The Morgan fingerprint density at radius 1 is 1.05 bits per heavy atom. The molecule has 0 radical (unpaired) electrons. The van der Waals surface area contributed by atoms with E-state index < -0.39 is 0 Å². The Kier molecular flexibility index (Phi) is 4.17. The van der Waals surface area contributed by atoms with Crippen LogP contribution in [0.1, 0.15) is 22.7 Å². The number of ether oxygens (including phenoxy) is 1. The van der Waals surface area contributed by atoms with Crippen molar-refractivity contribution in [2.24, 2.45) is 0 Å². The third kappa shape index (κ3) is 2.61. The van der Waals surface area contributed by atoms with Crippen LogP contribution in [0.25, 0.3) is 0 Å². The van der Waals surface area contributed by atoms with E-state index in [1.54, 1.807) is 26.2 Å². The monoisotopic (exact) mass is 259 g/mol. The summed E-state index contributed by atoms with van der Waals surface area (Å²) in [5, 5.41) is 3.16. The molecule has 0 aromatic heterocycles. The Morgan fingerprint density at radius 2 is 1.74 bits per heavy atom. The maximum Gasteiger partial charge on any atom is 0.131 e. The van der Waals surface area contributed by atoms with Crippen molar-refractivity contribution in [3.63, 3.8) is 0 Å². The van der Waals surface area contributed by atoms with Crippen LogP contribution in [0.3, 0.4) is 0 Å². The molecule has 2 rings (SSSR count). The first-order valence-electron chi connectivity index (χ1n) is 6.24. The van der Waals surface area contributed by atoms with Crippen LogP contribution in [0.2, 0.25) is 0 Å². The molecule has 2 aromatic carbocycles. The number of hydrogen-bond donors (Lipinski definition) is 1. The highest BCUT2D eigenvalue weighted by molar-refractivity contribution is 5.42. The molecular formula is C16H18FNO. The number of halogens is 1. The molecule has 0 amide bonds. The largest absolute Gasteiger partial charge is 0.496 e. The SMILES string of the molecule is CNC(c1ccccc1OC)c1cccc(C)c1F. The first-order valence-corrected chi connectivity index (χ1v) is 6.24. The molecular weight excluding hydrogens is 241 g/mol. The number of hydrogen-bond acceptors (Lipinski definition) is 2. The summed E-state index contributed by atoms with van der Waals surface area (Å²) in [5.74, 6) is 0.579. The van der Waals surface area contributed by atoms with Crippen molar-refractivity contribution in [3.05, 3.63) is 65.0 Å². The third-order valence-electron chi connectivity index (χ3n) is 3.27. The first kappa shape index (κ1) is 13.6. The standard InChI is InChI=1S/C16H18FNO/c1-11-7-6-9-13(15(11)17)16(18-2)12-8-4-5-10-14(12)19-3/h4-10,16,18H,1-3H3. The third-order valence-corrected chi connectivity index (χ3v) is 3.27. The summed E-state index contributed by atoms with van der Waals surface area (Å²) >= 11 is 0. The van der Waals surface area contributed by atoms with Gasteiger partial charge in [-0.2, -0.15) is 0 Å². The van der Waals surface area contributed by atoms with Gasteiger partial charge in [0.25, 0.3) is 0 Å². The van der Waals surface area contributed by atoms with Crippen LogP contribution in [-0.4, -0.2) is 14.2 Å². The Labute approximate surface area is 113 Å². The van der Waals surface area contributed by atoms with Crippen molar-refractivity contribution in [3.8, 4) is 5.75 Å². The topological polar surface area (TPSA) is 21.3 Å². The lowest BCUT2D eigenvalue weighted by atomic mass is 9.96. The minimum absolute atomic E-state index is 0.173. The zero-order valence-electron chi connectivity index (χ0n) is 11.4. The molecule has 0 fully saturated rings. The fourth-order valence-electron chi connectivity index (χ4n) is 2.28. The van der Waals surface area contributed by atoms with Crippen LogP contribution >= 0.6 is 0 Å². The second-order valence-corrected chi connectivity index (χ2v) is 4.44. The van der Waals surface area contributed by atoms with Gasteiger partial charge in [0, 0.05) is 11.1 Å². The lowest BCUT2D eigenvalue weighted by Crippen LogP contribution is -2.20. The maximum absolute atomic E-state index is 14.3. The predicted molar refractivity (Wildman–Crippen MR) is 75.0 cm³/mol. The van der Waals surface area contributed by atoms with Crippen LogP contribution in [0, 0.1) is 12.7 Å². The molecule has 0 spiro atoms. The molecule has 0 heterocycles. The fourth-order valence-corrected chi connectivity index (χ4v) is 2.28. The Hall–Kier alpha value is -1.87. The normalized spacial score (nSPS) is 12.2. The summed E-state index contributed by atoms with van der Waals surface area (Å²) in [7, 11) is 3.44. The van der Waals surface area contributed by atoms with E-state index in [2.05, 4.69) is 5.32 Å². The van der Waals surface area contributed by atoms with Gasteiger partial charge in [0.2, 0.25) is 0 Å². The van der Waals surface area contributed by atoms with E-state index in [0.717, 1.165) is 11.3 Å². The number of nitrogens with one attached hydrogen (secondary N) is 1. The van der Waals surface area contributed by atoms with E-state index in [0.29, 0.717) is 11.1 Å². The average molecular weight is 259 g/mol. The molecule has 0 aliphatic carbocycles. The van der Waals surface area contributed by atoms with Crippen LogP contribution in [-0.2, 0) is 0 Å². The second kappa shape index (κ2) is 5.85. The number of rotatable bonds is 4. The smallest absolute Gasteiger partial charge is 0.131 e. The molecule has 0 aliphatic heterocycles. The van der Waals surface area contributed by atoms with Crippen molar-refractivity contribution in [2.75, 3.05) is 14.2 Å². The van der Waals surface area contributed by atoms with Crippen molar-refractivity contribution >= 4 is 0 Å². The zero-order valence-corrected chi connectivity index (χ0v) is 11.4. The number of methoxy groups -OCH3 is 1. The fraction of sp³-hybridized carbons (Fsp3) is 0.250. The maximum atomic E-state index is 14.3. The van der Waals surface area contributed by atoms with Crippen LogP contribution in [0.5, 0.6) is 5.75 Å². The summed E-state index contributed by atoms with van der Waals surface area (Å²) in [4.78, 5) is 0. The summed E-state index contributed by atoms with van der Waals surface area (Å²) in [5.41, 5.74) is 2.21. The highest BCUT2D eigenvalue weighted by Gasteiger charge is 2.20. The Balaban J connectivity index is 2.53. The van der Waals surface area contributed by atoms with Gasteiger partial charge in [-0.05, 0) is 25.6 Å². The molecule has 2 nitrogen and oxygen atoms in total. The van der Waals surface area contributed by atoms with E-state index >= 15 is 0 Å². The van der Waals surface area contributed by atoms with Gasteiger partial charge in [-0.25, -0.2) is 4.39 Å². The average Bonchev–Trinajstić information content (AvgIpc) is 2.45. The molecule has 1 N–H and O–H groups in total. The van der Waals surface area contributed by atoms with Gasteiger partial charge in [0.1, 0.15) is 11.6 Å². The van der Waals surface area contributed by atoms with Gasteiger partial charge in [0.05, 0.1) is 13.2 Å². The molecule has 3 heteroatoms. The van der Waals surface area contributed by atoms with E-state index in [9.17, 15) is 4.39 Å². The minimum atomic E-state index is -0.226.